The van der Waals surface area contributed by atoms with Gasteiger partial charge in [-0.2, -0.15) is 0 Å². The zero-order valence-electron chi connectivity index (χ0n) is 39.8. The molecular weight excluding hydrogens is 855 g/mol. The topological polar surface area (TPSA) is 206 Å². The van der Waals surface area contributed by atoms with Gasteiger partial charge in [-0.1, -0.05) is 113 Å². The zero-order chi connectivity index (χ0) is 48.8. The summed E-state index contributed by atoms with van der Waals surface area (Å²) in [6, 6.07) is 26.1. The Morgan fingerprint density at radius 3 is 1.96 bits per heavy atom. The summed E-state index contributed by atoms with van der Waals surface area (Å²) in [5, 5.41) is 39.9. The smallest absolute Gasteiger partial charge is 0.243 e. The lowest BCUT2D eigenvalue weighted by Gasteiger charge is -2.35. The fourth-order valence-corrected chi connectivity index (χ4v) is 7.91. The van der Waals surface area contributed by atoms with Crippen molar-refractivity contribution in [1.29, 1.82) is 0 Å². The Balaban J connectivity index is 1.47. The van der Waals surface area contributed by atoms with Crippen molar-refractivity contribution in [3.05, 3.63) is 125 Å². The highest BCUT2D eigenvalue weighted by molar-refractivity contribution is 5.93. The standard InChI is InChI=1S/C52H65N5O10/c1-31(2)43(49(61)54-29-35-22-24-37(64-6)28-40(35)58)57-50(62)44(53-30-36-23-25-41(65-7)47(67-9)46(36)66-8)45(60)39(26-32-16-11-10-12-17-32)55-51(63)48(52(3,4)5)56-42(59)27-34-20-15-19-33-18-13-14-21-38(33)34/h10-25,28,31,39,43-45,48,53,58,60H,26-27,29-30H2,1-9H3,(H,54,61)(H,55,63)(H,56,59)(H,57,62). The molecule has 0 fully saturated rings. The van der Waals surface area contributed by atoms with E-state index in [-0.39, 0.29) is 37.6 Å². The number of carbonyl (C=O) groups excluding carboxylic acids is 4. The van der Waals surface area contributed by atoms with Crippen LogP contribution in [0.15, 0.2) is 103 Å². The van der Waals surface area contributed by atoms with Crippen LogP contribution >= 0.6 is 0 Å². The molecular formula is C52H65N5O10. The Morgan fingerprint density at radius 2 is 1.31 bits per heavy atom. The number of phenols is 1. The molecule has 358 valence electrons. The Bertz CT molecular complexity index is 2470. The van der Waals surface area contributed by atoms with E-state index in [9.17, 15) is 29.4 Å². The van der Waals surface area contributed by atoms with Gasteiger partial charge in [0.2, 0.25) is 29.4 Å². The molecule has 7 N–H and O–H groups in total. The second-order valence-corrected chi connectivity index (χ2v) is 17.8. The van der Waals surface area contributed by atoms with Crippen molar-refractivity contribution >= 4 is 34.4 Å². The average molecular weight is 920 g/mol. The predicted molar refractivity (Wildman–Crippen MR) is 257 cm³/mol. The van der Waals surface area contributed by atoms with Gasteiger partial charge in [-0.25, -0.2) is 0 Å². The number of phenolic OH excluding ortho intramolecular Hbond substituents is 1. The fourth-order valence-electron chi connectivity index (χ4n) is 7.91. The van der Waals surface area contributed by atoms with Gasteiger partial charge in [-0.15, -0.1) is 0 Å². The maximum Gasteiger partial charge on any atom is 0.243 e. The molecule has 15 nitrogen and oxygen atoms in total. The van der Waals surface area contributed by atoms with E-state index in [0.717, 1.165) is 21.9 Å². The first-order valence-corrected chi connectivity index (χ1v) is 22.2. The van der Waals surface area contributed by atoms with Gasteiger partial charge in [0.15, 0.2) is 11.5 Å². The van der Waals surface area contributed by atoms with Gasteiger partial charge in [0.25, 0.3) is 0 Å². The summed E-state index contributed by atoms with van der Waals surface area (Å²) >= 11 is 0. The van der Waals surface area contributed by atoms with Gasteiger partial charge in [0, 0.05) is 30.3 Å². The van der Waals surface area contributed by atoms with E-state index < -0.39 is 59.3 Å². The molecule has 0 aliphatic carbocycles. The van der Waals surface area contributed by atoms with Gasteiger partial charge in [-0.3, -0.25) is 24.5 Å². The Kier molecular flexibility index (Phi) is 18.0. The molecule has 0 aromatic heterocycles. The van der Waals surface area contributed by atoms with Crippen LogP contribution in [0.5, 0.6) is 28.7 Å². The molecule has 5 atom stereocenters. The van der Waals surface area contributed by atoms with E-state index >= 15 is 0 Å². The number of benzene rings is 5. The van der Waals surface area contributed by atoms with Crippen LogP contribution in [0.25, 0.3) is 10.8 Å². The molecule has 5 rings (SSSR count). The number of amides is 4. The molecule has 0 aliphatic rings. The molecule has 0 heterocycles. The summed E-state index contributed by atoms with van der Waals surface area (Å²) in [7, 11) is 5.91. The summed E-state index contributed by atoms with van der Waals surface area (Å²) in [5.74, 6) is -1.22. The number of rotatable bonds is 22. The summed E-state index contributed by atoms with van der Waals surface area (Å²) < 4.78 is 22.0. The van der Waals surface area contributed by atoms with Crippen LogP contribution in [0.3, 0.4) is 0 Å². The van der Waals surface area contributed by atoms with Gasteiger partial charge >= 0.3 is 0 Å². The molecule has 67 heavy (non-hydrogen) atoms. The minimum Gasteiger partial charge on any atom is -0.507 e. The third-order valence-corrected chi connectivity index (χ3v) is 11.6. The molecule has 15 heteroatoms. The highest BCUT2D eigenvalue weighted by atomic mass is 16.5. The summed E-state index contributed by atoms with van der Waals surface area (Å²) in [5.41, 5.74) is 1.74. The van der Waals surface area contributed by atoms with Crippen LogP contribution in [0.4, 0.5) is 0 Å². The van der Waals surface area contributed by atoms with Crippen molar-refractivity contribution in [2.75, 3.05) is 28.4 Å². The van der Waals surface area contributed by atoms with Gasteiger partial charge in [0.05, 0.1) is 47.0 Å². The highest BCUT2D eigenvalue weighted by Gasteiger charge is 2.40. The third-order valence-electron chi connectivity index (χ3n) is 11.6. The number of aliphatic hydroxyl groups is 1. The number of nitrogens with one attached hydrogen (secondary N) is 5. The van der Waals surface area contributed by atoms with Crippen LogP contribution < -0.4 is 45.5 Å². The van der Waals surface area contributed by atoms with Crippen LogP contribution in [-0.2, 0) is 45.1 Å². The molecule has 0 spiro atoms. The van der Waals surface area contributed by atoms with Crippen molar-refractivity contribution in [2.45, 2.75) is 90.8 Å². The van der Waals surface area contributed by atoms with E-state index in [4.69, 9.17) is 18.9 Å². The normalized spacial score (nSPS) is 13.7. The maximum atomic E-state index is 14.7. The first-order chi connectivity index (χ1) is 32.0. The number of fused-ring (bicyclic) bond motifs is 1. The van der Waals surface area contributed by atoms with Crippen molar-refractivity contribution in [3.8, 4) is 28.7 Å². The first kappa shape index (κ1) is 51.1. The van der Waals surface area contributed by atoms with Crippen LogP contribution in [0.2, 0.25) is 0 Å². The maximum absolute atomic E-state index is 14.7. The SMILES string of the molecule is COc1ccc(CNC(=O)C(NC(=O)C(NCc2ccc(OC)c(OC)c2OC)C(O)C(Cc2ccccc2)NC(=O)C(NC(=O)Cc2cccc3ccccc23)C(C)(C)C)C(C)C)c(O)c1. The molecule has 0 bridgehead atoms. The largest absolute Gasteiger partial charge is 0.507 e. The summed E-state index contributed by atoms with van der Waals surface area (Å²) in [4.78, 5) is 57.0. The first-order valence-electron chi connectivity index (χ1n) is 22.2. The molecule has 5 unspecified atom stereocenters. The van der Waals surface area contributed by atoms with Gasteiger partial charge in [-0.05, 0) is 57.9 Å². The van der Waals surface area contributed by atoms with E-state index in [0.29, 0.717) is 34.1 Å². The van der Waals surface area contributed by atoms with Crippen LogP contribution in [0, 0.1) is 11.3 Å². The number of ether oxygens (including phenoxy) is 4. The van der Waals surface area contributed by atoms with E-state index in [1.807, 2.05) is 93.6 Å². The monoisotopic (exact) mass is 919 g/mol. The second-order valence-electron chi connectivity index (χ2n) is 17.8. The van der Waals surface area contributed by atoms with E-state index in [1.165, 1.54) is 34.5 Å². The van der Waals surface area contributed by atoms with Gasteiger partial charge < -0.3 is 50.4 Å². The lowest BCUT2D eigenvalue weighted by molar-refractivity contribution is -0.135. The van der Waals surface area contributed by atoms with Crippen LogP contribution in [0.1, 0.15) is 56.9 Å². The molecule has 5 aromatic rings. The number of hydrogen-bond acceptors (Lipinski definition) is 11. The second kappa shape index (κ2) is 23.6. The minimum absolute atomic E-state index is 0.0227. The van der Waals surface area contributed by atoms with E-state index in [2.05, 4.69) is 26.6 Å². The average Bonchev–Trinajstić information content (AvgIpc) is 3.31. The molecule has 0 aliphatic heterocycles. The predicted octanol–water partition coefficient (Wildman–Crippen LogP) is 5.36. The lowest BCUT2D eigenvalue weighted by Crippen LogP contribution is -2.64. The lowest BCUT2D eigenvalue weighted by atomic mass is 9.85. The van der Waals surface area contributed by atoms with Gasteiger partial charge in [0.1, 0.15) is 29.6 Å². The van der Waals surface area contributed by atoms with Crippen molar-refractivity contribution in [1.82, 2.24) is 26.6 Å². The Hall–Kier alpha value is -6.84. The number of carbonyl (C=O) groups is 4. The minimum atomic E-state index is -1.63. The molecule has 4 amide bonds. The van der Waals surface area contributed by atoms with Crippen LogP contribution in [-0.4, -0.2) is 92.6 Å². The number of hydrogen-bond donors (Lipinski definition) is 7. The fraction of sp³-hybridized carbons (Fsp3) is 0.385. The Morgan fingerprint density at radius 1 is 0.642 bits per heavy atom. The third kappa shape index (κ3) is 13.4. The molecule has 5 aromatic carbocycles. The number of aromatic hydroxyl groups is 1. The van der Waals surface area contributed by atoms with Crippen molar-refractivity contribution in [3.63, 3.8) is 0 Å². The quantitative estimate of drug-likeness (QED) is 0.0471. The summed E-state index contributed by atoms with van der Waals surface area (Å²) in [6.45, 7) is 8.94. The van der Waals surface area contributed by atoms with Crippen molar-refractivity contribution in [2.24, 2.45) is 11.3 Å². The molecule has 0 saturated carbocycles. The molecule has 0 saturated heterocycles. The number of aliphatic hydroxyl groups excluding tert-OH is 1. The molecule has 0 radical (unpaired) electrons. The number of methoxy groups -OCH3 is 4. The zero-order valence-corrected chi connectivity index (χ0v) is 39.8. The highest BCUT2D eigenvalue weighted by Crippen LogP contribution is 2.40. The Labute approximate surface area is 392 Å². The van der Waals surface area contributed by atoms with Crippen molar-refractivity contribution < 1.29 is 48.3 Å². The van der Waals surface area contributed by atoms with E-state index in [1.54, 1.807) is 38.1 Å². The summed E-state index contributed by atoms with van der Waals surface area (Å²) in [6.07, 6.45) is -1.52.